The van der Waals surface area contributed by atoms with Gasteiger partial charge >= 0.3 is 5.97 Å². The Morgan fingerprint density at radius 2 is 1.50 bits per heavy atom. The summed E-state index contributed by atoms with van der Waals surface area (Å²) in [7, 11) is 0. The average Bonchev–Trinajstić information content (AvgIpc) is 2.26. The highest BCUT2D eigenvalue weighted by atomic mass is 19.1. The van der Waals surface area contributed by atoms with Crippen LogP contribution >= 0.6 is 0 Å². The predicted octanol–water partition coefficient (Wildman–Crippen LogP) is 3.04. The lowest BCUT2D eigenvalue weighted by Crippen LogP contribution is -1.94. The highest BCUT2D eigenvalue weighted by Crippen LogP contribution is 2.09. The van der Waals surface area contributed by atoms with Crippen molar-refractivity contribution in [2.75, 3.05) is 6.61 Å². The van der Waals surface area contributed by atoms with Crippen molar-refractivity contribution in [3.63, 3.8) is 0 Å². The third kappa shape index (κ3) is 9.65. The fourth-order valence-corrected chi connectivity index (χ4v) is 1.46. The van der Waals surface area contributed by atoms with Gasteiger partial charge in [0.25, 0.3) is 0 Å². The molecule has 2 N–H and O–H groups in total. The molecule has 94 valence electrons. The van der Waals surface area contributed by atoms with Crippen molar-refractivity contribution in [3.05, 3.63) is 11.9 Å². The summed E-state index contributed by atoms with van der Waals surface area (Å²) < 4.78 is 12.5. The Morgan fingerprint density at radius 1 is 1.00 bits per heavy atom. The van der Waals surface area contributed by atoms with Gasteiger partial charge in [-0.25, -0.2) is 4.79 Å². The molecular weight excluding hydrogens is 211 g/mol. The van der Waals surface area contributed by atoms with E-state index in [1.807, 2.05) is 0 Å². The van der Waals surface area contributed by atoms with Crippen LogP contribution in [0.3, 0.4) is 0 Å². The highest BCUT2D eigenvalue weighted by Gasteiger charge is 2.02. The minimum Gasteiger partial charge on any atom is -0.476 e. The molecule has 0 heterocycles. The van der Waals surface area contributed by atoms with Crippen LogP contribution in [0, 0.1) is 0 Å². The highest BCUT2D eigenvalue weighted by molar-refractivity contribution is 5.83. The molecule has 0 aromatic rings. The molecule has 0 amide bonds. The number of aliphatic hydroxyl groups is 1. The molecule has 0 saturated heterocycles. The lowest BCUT2D eigenvalue weighted by atomic mass is 10.1. The third-order valence-electron chi connectivity index (χ3n) is 2.39. The molecule has 4 heteroatoms. The normalized spacial score (nSPS) is 11.8. The van der Waals surface area contributed by atoms with Crippen molar-refractivity contribution in [1.82, 2.24) is 0 Å². The van der Waals surface area contributed by atoms with Crippen molar-refractivity contribution >= 4 is 5.97 Å². The Morgan fingerprint density at radius 3 is 2.00 bits per heavy atom. The number of allylic oxidation sites excluding steroid dienone is 1. The summed E-state index contributed by atoms with van der Waals surface area (Å²) in [5.41, 5.74) is 0. The maximum atomic E-state index is 12.5. The first-order valence-corrected chi connectivity index (χ1v) is 5.88. The fraction of sp³-hybridized carbons (Fsp3) is 0.750. The van der Waals surface area contributed by atoms with Crippen LogP contribution in [-0.4, -0.2) is 22.8 Å². The molecule has 0 fully saturated rings. The SMILES string of the molecule is O=C(O)C(F)=CCCCCCCCCCO. The quantitative estimate of drug-likeness (QED) is 0.449. The molecule has 0 unspecified atom stereocenters. The molecule has 3 nitrogen and oxygen atoms in total. The number of hydrogen-bond donors (Lipinski definition) is 2. The largest absolute Gasteiger partial charge is 0.476 e. The zero-order valence-electron chi connectivity index (χ0n) is 9.62. The third-order valence-corrected chi connectivity index (χ3v) is 2.39. The van der Waals surface area contributed by atoms with E-state index in [4.69, 9.17) is 10.2 Å². The molecule has 0 radical (unpaired) electrons. The van der Waals surface area contributed by atoms with Gasteiger partial charge in [0.05, 0.1) is 0 Å². The van der Waals surface area contributed by atoms with Crippen LogP contribution in [0.15, 0.2) is 11.9 Å². The summed E-state index contributed by atoms with van der Waals surface area (Å²) in [5, 5.41) is 16.8. The lowest BCUT2D eigenvalue weighted by molar-refractivity contribution is -0.134. The molecule has 0 aliphatic carbocycles. The first-order valence-electron chi connectivity index (χ1n) is 5.88. The van der Waals surface area contributed by atoms with Crippen molar-refractivity contribution in [3.8, 4) is 0 Å². The molecule has 0 bridgehead atoms. The van der Waals surface area contributed by atoms with Crippen LogP contribution in [0.1, 0.15) is 51.4 Å². The lowest BCUT2D eigenvalue weighted by Gasteiger charge is -1.99. The van der Waals surface area contributed by atoms with E-state index in [2.05, 4.69) is 0 Å². The molecule has 0 aliphatic rings. The van der Waals surface area contributed by atoms with Gasteiger partial charge in [-0.2, -0.15) is 4.39 Å². The molecule has 0 aromatic carbocycles. The van der Waals surface area contributed by atoms with E-state index in [1.165, 1.54) is 0 Å². The summed E-state index contributed by atoms with van der Waals surface area (Å²) in [4.78, 5) is 10.1. The molecule has 0 saturated carbocycles. The van der Waals surface area contributed by atoms with Crippen LogP contribution in [0.4, 0.5) is 4.39 Å². The second-order valence-corrected chi connectivity index (χ2v) is 3.84. The molecule has 0 rings (SSSR count). The summed E-state index contributed by atoms with van der Waals surface area (Å²) in [6.07, 6.45) is 8.74. The first kappa shape index (κ1) is 15.1. The number of unbranched alkanes of at least 4 members (excludes halogenated alkanes) is 7. The van der Waals surface area contributed by atoms with Crippen molar-refractivity contribution in [2.24, 2.45) is 0 Å². The van der Waals surface area contributed by atoms with E-state index < -0.39 is 11.8 Å². The molecule has 0 aromatic heterocycles. The summed E-state index contributed by atoms with van der Waals surface area (Å²) in [6, 6.07) is 0. The molecule has 0 spiro atoms. The van der Waals surface area contributed by atoms with Crippen molar-refractivity contribution in [2.45, 2.75) is 51.4 Å². The van der Waals surface area contributed by atoms with Gasteiger partial charge in [-0.05, 0) is 25.3 Å². The second-order valence-electron chi connectivity index (χ2n) is 3.84. The molecular formula is C12H21FO3. The van der Waals surface area contributed by atoms with Crippen molar-refractivity contribution < 1.29 is 19.4 Å². The van der Waals surface area contributed by atoms with Gasteiger partial charge in [-0.1, -0.05) is 32.1 Å². The molecule has 0 atom stereocenters. The van der Waals surface area contributed by atoms with Gasteiger partial charge in [0.15, 0.2) is 0 Å². The van der Waals surface area contributed by atoms with Crippen LogP contribution in [0.5, 0.6) is 0 Å². The van der Waals surface area contributed by atoms with E-state index >= 15 is 0 Å². The van der Waals surface area contributed by atoms with Crippen LogP contribution < -0.4 is 0 Å². The zero-order valence-corrected chi connectivity index (χ0v) is 9.62. The number of halogens is 1. The Balaban J connectivity index is 3.21. The smallest absolute Gasteiger partial charge is 0.364 e. The van der Waals surface area contributed by atoms with Gasteiger partial charge < -0.3 is 10.2 Å². The Labute approximate surface area is 96.0 Å². The number of carbonyl (C=O) groups is 1. The van der Waals surface area contributed by atoms with Crippen LogP contribution in [-0.2, 0) is 4.79 Å². The number of aliphatic carboxylic acids is 1. The maximum Gasteiger partial charge on any atom is 0.364 e. The number of carboxylic acid groups (broad SMARTS) is 1. The van der Waals surface area contributed by atoms with Gasteiger partial charge in [0, 0.05) is 6.61 Å². The van der Waals surface area contributed by atoms with Crippen LogP contribution in [0.2, 0.25) is 0 Å². The average molecular weight is 232 g/mol. The van der Waals surface area contributed by atoms with E-state index in [0.29, 0.717) is 6.42 Å². The van der Waals surface area contributed by atoms with Crippen LogP contribution in [0.25, 0.3) is 0 Å². The Kier molecular flexibility index (Phi) is 10.0. The number of rotatable bonds is 10. The van der Waals surface area contributed by atoms with Gasteiger partial charge in [-0.15, -0.1) is 0 Å². The molecule has 0 aliphatic heterocycles. The summed E-state index contributed by atoms with van der Waals surface area (Å²) >= 11 is 0. The summed E-state index contributed by atoms with van der Waals surface area (Å²) in [6.45, 7) is 0.263. The van der Waals surface area contributed by atoms with Crippen molar-refractivity contribution in [1.29, 1.82) is 0 Å². The number of aliphatic hydroxyl groups excluding tert-OH is 1. The minimum atomic E-state index is -1.48. The predicted molar refractivity (Wildman–Crippen MR) is 60.8 cm³/mol. The van der Waals surface area contributed by atoms with Gasteiger partial charge in [0.1, 0.15) is 0 Å². The Bertz CT molecular complexity index is 214. The number of hydrogen-bond acceptors (Lipinski definition) is 2. The van der Waals surface area contributed by atoms with E-state index in [0.717, 1.165) is 51.0 Å². The molecule has 16 heavy (non-hydrogen) atoms. The fourth-order valence-electron chi connectivity index (χ4n) is 1.46. The van der Waals surface area contributed by atoms with E-state index in [9.17, 15) is 9.18 Å². The summed E-state index contributed by atoms with van der Waals surface area (Å²) in [5.74, 6) is -2.54. The number of carboxylic acids is 1. The first-order chi connectivity index (χ1) is 7.68. The van der Waals surface area contributed by atoms with Gasteiger partial charge in [-0.3, -0.25) is 0 Å². The topological polar surface area (TPSA) is 57.5 Å². The van der Waals surface area contributed by atoms with Gasteiger partial charge in [0.2, 0.25) is 5.83 Å². The minimum absolute atomic E-state index is 0.263. The standard InChI is InChI=1S/C12H21FO3/c13-11(12(15)16)9-7-5-3-1-2-4-6-8-10-14/h9,14H,1-8,10H2,(H,15,16). The van der Waals surface area contributed by atoms with E-state index in [1.54, 1.807) is 0 Å². The Hall–Kier alpha value is -0.900. The monoisotopic (exact) mass is 232 g/mol. The second kappa shape index (κ2) is 10.6. The zero-order chi connectivity index (χ0) is 12.2. The maximum absolute atomic E-state index is 12.5. The van der Waals surface area contributed by atoms with E-state index in [-0.39, 0.29) is 6.61 Å².